The second-order valence-corrected chi connectivity index (χ2v) is 9.73. The molecule has 0 spiro atoms. The topological polar surface area (TPSA) is 82.9 Å². The van der Waals surface area contributed by atoms with Crippen LogP contribution in [-0.2, 0) is 6.42 Å². The zero-order valence-corrected chi connectivity index (χ0v) is 21.1. The summed E-state index contributed by atoms with van der Waals surface area (Å²) < 4.78 is 35.9. The summed E-state index contributed by atoms with van der Waals surface area (Å²) in [5, 5.41) is 12.5. The number of ether oxygens (including phenoxy) is 1. The summed E-state index contributed by atoms with van der Waals surface area (Å²) in [6.07, 6.45) is 10.7. The zero-order valence-electron chi connectivity index (χ0n) is 21.1. The van der Waals surface area contributed by atoms with Crippen LogP contribution >= 0.6 is 0 Å². The lowest BCUT2D eigenvalue weighted by atomic mass is 9.94. The summed E-state index contributed by atoms with van der Waals surface area (Å²) in [6.45, 7) is 6.07. The molecule has 0 saturated carbocycles. The average Bonchev–Trinajstić information content (AvgIpc) is 3.48. The number of aliphatic hydroxyl groups excluding tert-OH is 1. The third kappa shape index (κ3) is 5.56. The van der Waals surface area contributed by atoms with Crippen molar-refractivity contribution in [3.05, 3.63) is 64.3 Å². The van der Waals surface area contributed by atoms with Crippen molar-refractivity contribution < 1.29 is 18.6 Å². The van der Waals surface area contributed by atoms with E-state index in [1.807, 2.05) is 32.1 Å². The van der Waals surface area contributed by atoms with Gasteiger partial charge in [0.1, 0.15) is 17.5 Å². The Morgan fingerprint density at radius 1 is 1.19 bits per heavy atom. The molecule has 1 fully saturated rings. The van der Waals surface area contributed by atoms with Crippen molar-refractivity contribution in [3.8, 4) is 11.8 Å². The molecule has 5 rings (SSSR count). The summed E-state index contributed by atoms with van der Waals surface area (Å²) in [5.41, 5.74) is 2.97. The fourth-order valence-electron chi connectivity index (χ4n) is 5.03. The van der Waals surface area contributed by atoms with E-state index in [2.05, 4.69) is 25.2 Å². The monoisotopic (exact) mass is 507 g/mol. The second kappa shape index (κ2) is 10.8. The van der Waals surface area contributed by atoms with Gasteiger partial charge in [0.05, 0.1) is 6.54 Å². The molecule has 3 aliphatic rings. The van der Waals surface area contributed by atoms with E-state index in [-0.39, 0.29) is 12.6 Å². The molecule has 0 bridgehead atoms. The third-order valence-corrected chi connectivity index (χ3v) is 6.91. The maximum Gasteiger partial charge on any atom is 0.326 e. The predicted molar refractivity (Wildman–Crippen MR) is 141 cm³/mol. The van der Waals surface area contributed by atoms with Crippen molar-refractivity contribution in [2.24, 2.45) is 10.9 Å². The highest BCUT2D eigenvalue weighted by Crippen LogP contribution is 2.37. The number of amidine groups is 1. The van der Waals surface area contributed by atoms with Crippen LogP contribution in [-0.4, -0.2) is 47.2 Å². The molecule has 2 N–H and O–H groups in total. The number of fused-ring (bicyclic) bond motifs is 1. The lowest BCUT2D eigenvalue weighted by Gasteiger charge is -2.32. The second-order valence-electron chi connectivity index (χ2n) is 9.73. The first kappa shape index (κ1) is 25.1. The smallest absolute Gasteiger partial charge is 0.326 e. The van der Waals surface area contributed by atoms with Crippen molar-refractivity contribution in [3.63, 3.8) is 0 Å². The number of benzene rings is 1. The highest BCUT2D eigenvalue weighted by atomic mass is 19.1. The minimum absolute atomic E-state index is 0.148. The number of aromatic nitrogens is 2. The van der Waals surface area contributed by atoms with Crippen LogP contribution in [0.25, 0.3) is 6.08 Å². The van der Waals surface area contributed by atoms with E-state index >= 15 is 4.39 Å². The van der Waals surface area contributed by atoms with Crippen LogP contribution in [0.5, 0.6) is 11.8 Å². The van der Waals surface area contributed by atoms with E-state index < -0.39 is 17.4 Å². The first-order valence-electron chi connectivity index (χ1n) is 12.7. The summed E-state index contributed by atoms with van der Waals surface area (Å²) in [6, 6.07) is 2.96. The maximum absolute atomic E-state index is 15.3. The van der Waals surface area contributed by atoms with Crippen LogP contribution in [0.2, 0.25) is 0 Å². The van der Waals surface area contributed by atoms with E-state index in [1.165, 1.54) is 6.07 Å². The molecule has 37 heavy (non-hydrogen) atoms. The molecule has 0 radical (unpaired) electrons. The van der Waals surface area contributed by atoms with E-state index in [4.69, 9.17) is 4.74 Å². The molecule has 3 heterocycles. The molecular weight excluding hydrogens is 476 g/mol. The number of piperidine rings is 1. The lowest BCUT2D eigenvalue weighted by molar-refractivity contribution is 0.240. The van der Waals surface area contributed by atoms with Gasteiger partial charge in [0.15, 0.2) is 11.6 Å². The van der Waals surface area contributed by atoms with Crippen LogP contribution in [0.15, 0.2) is 46.5 Å². The Hall–Kier alpha value is -3.59. The summed E-state index contributed by atoms with van der Waals surface area (Å²) in [7, 11) is 0. The number of hydrogen-bond donors (Lipinski definition) is 2. The van der Waals surface area contributed by atoms with E-state index in [0.29, 0.717) is 47.5 Å². The van der Waals surface area contributed by atoms with Gasteiger partial charge in [-0.1, -0.05) is 23.8 Å². The number of nitrogens with one attached hydrogen (secondary N) is 1. The molecular formula is C28H31F2N5O2. The summed E-state index contributed by atoms with van der Waals surface area (Å²) in [4.78, 5) is 15.5. The minimum Gasteiger partial charge on any atom is -0.418 e. The Morgan fingerprint density at radius 3 is 2.76 bits per heavy atom. The summed E-state index contributed by atoms with van der Waals surface area (Å²) >= 11 is 0. The van der Waals surface area contributed by atoms with Crippen molar-refractivity contribution in [2.75, 3.05) is 36.5 Å². The zero-order chi connectivity index (χ0) is 25.9. The van der Waals surface area contributed by atoms with Gasteiger partial charge in [0.25, 0.3) is 0 Å². The number of aliphatic imine (C=N–C) groups is 1. The maximum atomic E-state index is 15.3. The van der Waals surface area contributed by atoms with Gasteiger partial charge in [0, 0.05) is 31.3 Å². The standard InChI is InChI=1S/C28H31F2N5O2/c1-3-4-19-13-23(31-16-19)32-24-15-25(35-8-5-18(6-9-35)7-10-36)34-28(33-24)37-27-22(29)14-20-11-17(2)12-21(20)26(27)30/h3-4,12-15,18,36H,5-11,16H2,1-2H3,(H,31,32,33,34)/b4-3-. The molecule has 0 unspecified atom stereocenters. The van der Waals surface area contributed by atoms with Gasteiger partial charge in [0.2, 0.25) is 5.75 Å². The van der Waals surface area contributed by atoms with Crippen molar-refractivity contribution in [1.29, 1.82) is 0 Å². The van der Waals surface area contributed by atoms with Crippen molar-refractivity contribution in [1.82, 2.24) is 9.97 Å². The number of rotatable bonds is 7. The first-order valence-corrected chi connectivity index (χ1v) is 12.7. The normalized spacial score (nSPS) is 17.6. The highest BCUT2D eigenvalue weighted by molar-refractivity contribution is 6.05. The lowest BCUT2D eigenvalue weighted by Crippen LogP contribution is -2.34. The van der Waals surface area contributed by atoms with Gasteiger partial charge in [-0.15, -0.1) is 0 Å². The molecule has 194 valence electrons. The van der Waals surface area contributed by atoms with E-state index in [9.17, 15) is 9.50 Å². The number of anilines is 2. The fraction of sp³-hybridized carbons (Fsp3) is 0.393. The average molecular weight is 508 g/mol. The molecule has 1 saturated heterocycles. The van der Waals surface area contributed by atoms with Gasteiger partial charge in [-0.3, -0.25) is 4.99 Å². The van der Waals surface area contributed by atoms with Crippen molar-refractivity contribution in [2.45, 2.75) is 39.5 Å². The molecule has 2 aliphatic heterocycles. The van der Waals surface area contributed by atoms with Crippen LogP contribution < -0.4 is 15.0 Å². The van der Waals surface area contributed by atoms with Crippen LogP contribution in [0.1, 0.15) is 44.2 Å². The molecule has 0 atom stereocenters. The fourth-order valence-corrected chi connectivity index (χ4v) is 5.03. The number of nitrogens with zero attached hydrogens (tertiary/aromatic N) is 4. The minimum atomic E-state index is -0.785. The molecule has 1 aromatic heterocycles. The van der Waals surface area contributed by atoms with Crippen LogP contribution in [0.4, 0.5) is 20.4 Å². The Balaban J connectivity index is 1.45. The van der Waals surface area contributed by atoms with E-state index in [0.717, 1.165) is 43.5 Å². The molecule has 2 aromatic rings. The highest BCUT2D eigenvalue weighted by Gasteiger charge is 2.25. The molecule has 0 amide bonds. The van der Waals surface area contributed by atoms with Crippen molar-refractivity contribution >= 4 is 23.5 Å². The Kier molecular flexibility index (Phi) is 7.32. The quantitative estimate of drug-likeness (QED) is 0.520. The molecule has 1 aliphatic carbocycles. The van der Waals surface area contributed by atoms with Gasteiger partial charge >= 0.3 is 6.01 Å². The Labute approximate surface area is 215 Å². The SMILES string of the molecule is C/C=C\C1=CC(Nc2cc(N3CCC(CCO)CC3)nc(Oc3c(F)cc4c(c3F)C=C(C)C4)n2)=NC1. The number of aliphatic hydroxyl groups is 1. The predicted octanol–water partition coefficient (Wildman–Crippen LogP) is 5.43. The van der Waals surface area contributed by atoms with Gasteiger partial charge in [-0.2, -0.15) is 9.97 Å². The first-order chi connectivity index (χ1) is 17.9. The Morgan fingerprint density at radius 2 is 2.00 bits per heavy atom. The number of halogens is 2. The largest absolute Gasteiger partial charge is 0.418 e. The summed E-state index contributed by atoms with van der Waals surface area (Å²) in [5.74, 6) is 0.0798. The van der Waals surface area contributed by atoms with Gasteiger partial charge in [-0.25, -0.2) is 8.78 Å². The van der Waals surface area contributed by atoms with Gasteiger partial charge < -0.3 is 20.1 Å². The molecule has 9 heteroatoms. The third-order valence-electron chi connectivity index (χ3n) is 6.91. The van der Waals surface area contributed by atoms with E-state index in [1.54, 1.807) is 12.1 Å². The molecule has 1 aromatic carbocycles. The molecule has 7 nitrogen and oxygen atoms in total. The van der Waals surface area contributed by atoms with Crippen LogP contribution in [0, 0.1) is 17.6 Å². The van der Waals surface area contributed by atoms with Crippen LogP contribution in [0.3, 0.4) is 0 Å². The van der Waals surface area contributed by atoms with Gasteiger partial charge in [-0.05, 0) is 68.7 Å². The Bertz CT molecular complexity index is 1310. The number of allylic oxidation sites excluding steroid dienone is 2. The number of hydrogen-bond acceptors (Lipinski definition) is 7.